The lowest BCUT2D eigenvalue weighted by Crippen LogP contribution is -2.31. The van der Waals surface area contributed by atoms with Crippen LogP contribution in [0.4, 0.5) is 0 Å². The van der Waals surface area contributed by atoms with Crippen molar-refractivity contribution in [3.63, 3.8) is 0 Å². The number of carbonyl (C=O) groups excluding carboxylic acids is 1. The van der Waals surface area contributed by atoms with Gasteiger partial charge < -0.3 is 15.3 Å². The minimum absolute atomic E-state index is 0.0128. The molecule has 0 aliphatic carbocycles. The fraction of sp³-hybridized carbons (Fsp3) is 0.433. The van der Waals surface area contributed by atoms with Crippen LogP contribution < -0.4 is 5.32 Å². The molecule has 4 nitrogen and oxygen atoms in total. The lowest BCUT2D eigenvalue weighted by molar-refractivity contribution is 0.0955. The summed E-state index contributed by atoms with van der Waals surface area (Å²) in [5.74, 6) is -0.0128. The van der Waals surface area contributed by atoms with E-state index in [2.05, 4.69) is 66.7 Å². The average molecular weight is 501 g/mol. The molecule has 0 spiro atoms. The first-order valence-corrected chi connectivity index (χ1v) is 13.6. The van der Waals surface area contributed by atoms with E-state index in [1.807, 2.05) is 46.1 Å². The number of hydrogen-bond donors (Lipinski definition) is 2. The van der Waals surface area contributed by atoms with Crippen molar-refractivity contribution in [3.8, 4) is 11.1 Å². The van der Waals surface area contributed by atoms with Gasteiger partial charge in [0, 0.05) is 13.1 Å². The van der Waals surface area contributed by atoms with Crippen molar-refractivity contribution in [2.75, 3.05) is 32.8 Å². The first-order valence-electron chi connectivity index (χ1n) is 12.7. The number of allylic oxidation sites excluding steroid dienone is 4. The number of likely N-dealkylation sites (N-methyl/N-ethyl adjacent to an activating group) is 1. The Hall–Kier alpha value is -2.47. The molecule has 0 aliphatic rings. The highest BCUT2D eigenvalue weighted by Gasteiger charge is 2.10. The van der Waals surface area contributed by atoms with Crippen LogP contribution >= 0.6 is 11.3 Å². The van der Waals surface area contributed by atoms with Crippen LogP contribution in [0.5, 0.6) is 0 Å². The van der Waals surface area contributed by atoms with Gasteiger partial charge in [0.05, 0.1) is 11.5 Å². The molecule has 0 saturated carbocycles. The van der Waals surface area contributed by atoms with Crippen LogP contribution in [0.25, 0.3) is 11.1 Å². The Balaban J connectivity index is 0. The number of benzene rings is 1. The molecule has 2 N–H and O–H groups in total. The van der Waals surface area contributed by atoms with Gasteiger partial charge in [-0.15, -0.1) is 11.3 Å². The van der Waals surface area contributed by atoms with E-state index in [4.69, 9.17) is 5.11 Å². The van der Waals surface area contributed by atoms with Gasteiger partial charge in [-0.2, -0.15) is 0 Å². The average Bonchev–Trinajstić information content (AvgIpc) is 3.42. The van der Waals surface area contributed by atoms with Crippen molar-refractivity contribution in [1.29, 1.82) is 0 Å². The van der Waals surface area contributed by atoms with E-state index in [1.165, 1.54) is 16.9 Å². The van der Waals surface area contributed by atoms with Crippen LogP contribution in [0, 0.1) is 0 Å². The molecular formula is C30H48N2O2S. The predicted molar refractivity (Wildman–Crippen MR) is 158 cm³/mol. The summed E-state index contributed by atoms with van der Waals surface area (Å²) in [4.78, 5) is 15.3. The van der Waals surface area contributed by atoms with Gasteiger partial charge in [-0.25, -0.2) is 0 Å². The zero-order valence-electron chi connectivity index (χ0n) is 22.8. The number of thiophene rings is 1. The molecule has 2 aromatic rings. The summed E-state index contributed by atoms with van der Waals surface area (Å²) in [6.07, 6.45) is 9.31. The van der Waals surface area contributed by atoms with Gasteiger partial charge >= 0.3 is 0 Å². The fourth-order valence-electron chi connectivity index (χ4n) is 2.86. The van der Waals surface area contributed by atoms with E-state index in [9.17, 15) is 4.79 Å². The molecule has 1 heterocycles. The lowest BCUT2D eigenvalue weighted by atomic mass is 10.0. The summed E-state index contributed by atoms with van der Waals surface area (Å²) in [7, 11) is 0. The molecule has 0 fully saturated rings. The summed E-state index contributed by atoms with van der Waals surface area (Å²) in [6.45, 7) is 22.1. The Morgan fingerprint density at radius 3 is 2.20 bits per heavy atom. The zero-order valence-corrected chi connectivity index (χ0v) is 23.7. The van der Waals surface area contributed by atoms with Gasteiger partial charge in [0.15, 0.2) is 0 Å². The van der Waals surface area contributed by atoms with Crippen molar-refractivity contribution in [2.24, 2.45) is 0 Å². The third-order valence-electron chi connectivity index (χ3n) is 4.67. The number of aliphatic hydroxyl groups excluding tert-OH is 1. The third-order valence-corrected chi connectivity index (χ3v) is 5.60. The summed E-state index contributed by atoms with van der Waals surface area (Å²) in [6, 6.07) is 10.5. The van der Waals surface area contributed by atoms with Crippen LogP contribution in [-0.4, -0.2) is 48.7 Å². The van der Waals surface area contributed by atoms with Crippen molar-refractivity contribution in [1.82, 2.24) is 10.2 Å². The third kappa shape index (κ3) is 15.9. The second-order valence-electron chi connectivity index (χ2n) is 6.91. The quantitative estimate of drug-likeness (QED) is 0.182. The summed E-state index contributed by atoms with van der Waals surface area (Å²) in [5.41, 5.74) is 3.51. The Labute approximate surface area is 219 Å². The summed E-state index contributed by atoms with van der Waals surface area (Å²) in [5, 5.41) is 14.0. The topological polar surface area (TPSA) is 52.6 Å². The maximum atomic E-state index is 12.3. The monoisotopic (exact) mass is 500 g/mol. The maximum Gasteiger partial charge on any atom is 0.261 e. The van der Waals surface area contributed by atoms with Crippen molar-refractivity contribution >= 4 is 17.2 Å². The zero-order chi connectivity index (χ0) is 26.9. The van der Waals surface area contributed by atoms with Gasteiger partial charge in [0.25, 0.3) is 5.91 Å². The van der Waals surface area contributed by atoms with E-state index >= 15 is 0 Å². The highest BCUT2D eigenvalue weighted by atomic mass is 32.1. The molecule has 0 saturated heterocycles. The van der Waals surface area contributed by atoms with E-state index in [0.29, 0.717) is 13.1 Å². The Bertz CT molecular complexity index is 804. The number of nitrogens with one attached hydrogen (secondary N) is 1. The van der Waals surface area contributed by atoms with Crippen LogP contribution in [0.3, 0.4) is 0 Å². The fourth-order valence-corrected chi connectivity index (χ4v) is 3.69. The Morgan fingerprint density at radius 2 is 1.69 bits per heavy atom. The largest absolute Gasteiger partial charge is 0.395 e. The second-order valence-corrected chi connectivity index (χ2v) is 7.82. The predicted octanol–water partition coefficient (Wildman–Crippen LogP) is 7.38. The Kier molecular flexibility index (Phi) is 24.4. The molecule has 1 aromatic heterocycles. The van der Waals surface area contributed by atoms with Crippen LogP contribution in [-0.2, 0) is 6.42 Å². The molecule has 0 atom stereocenters. The van der Waals surface area contributed by atoms with Crippen LogP contribution in [0.1, 0.15) is 63.2 Å². The second kappa shape index (κ2) is 24.6. The normalized spacial score (nSPS) is 9.71. The van der Waals surface area contributed by atoms with Gasteiger partial charge in [-0.05, 0) is 61.0 Å². The molecule has 196 valence electrons. The molecule has 5 heteroatoms. The smallest absolute Gasteiger partial charge is 0.261 e. The number of rotatable bonds is 12. The van der Waals surface area contributed by atoms with Gasteiger partial charge in [-0.3, -0.25) is 4.79 Å². The number of aliphatic hydroxyl groups is 1. The van der Waals surface area contributed by atoms with Gasteiger partial charge in [0.2, 0.25) is 0 Å². The van der Waals surface area contributed by atoms with E-state index in [0.717, 1.165) is 41.9 Å². The molecule has 0 aliphatic heterocycles. The minimum atomic E-state index is -0.0128. The minimum Gasteiger partial charge on any atom is -0.395 e. The van der Waals surface area contributed by atoms with E-state index in [1.54, 1.807) is 12.2 Å². The molecule has 0 radical (unpaired) electrons. The Morgan fingerprint density at radius 1 is 1.06 bits per heavy atom. The highest BCUT2D eigenvalue weighted by molar-refractivity contribution is 7.12. The van der Waals surface area contributed by atoms with Gasteiger partial charge in [0.1, 0.15) is 0 Å². The molecule has 0 bridgehead atoms. The number of nitrogens with zero attached hydrogens (tertiary/aromatic N) is 1. The van der Waals surface area contributed by atoms with Crippen LogP contribution in [0.15, 0.2) is 73.2 Å². The molecule has 1 amide bonds. The molecule has 1 aromatic carbocycles. The van der Waals surface area contributed by atoms with Crippen molar-refractivity contribution in [2.45, 2.75) is 54.4 Å². The van der Waals surface area contributed by atoms with E-state index < -0.39 is 0 Å². The number of carbonyl (C=O) groups is 1. The summed E-state index contributed by atoms with van der Waals surface area (Å²) < 4.78 is 0. The van der Waals surface area contributed by atoms with Crippen LogP contribution in [0.2, 0.25) is 0 Å². The van der Waals surface area contributed by atoms with Crippen molar-refractivity contribution < 1.29 is 9.90 Å². The maximum absolute atomic E-state index is 12.3. The standard InChI is InChI=1S/C22H30N2O2S.C4H6.2C2H6/c1-3-5-7-18-8-10-19(11-9-18)20-16-21(27-17-20)22(26)23-12-6-13-24(4-2)14-15-25;1-3-4-2;2*1-2/h3,5,8-11,16-17,25H,4,6-7,12-15H2,1-2H3,(H,23,26);3-4H,1-2H2;2*1-2H3/b5-3-;;;. The lowest BCUT2D eigenvalue weighted by Gasteiger charge is -2.18. The molecule has 35 heavy (non-hydrogen) atoms. The molecule has 2 rings (SSSR count). The molecule has 0 unspecified atom stereocenters. The first-order chi connectivity index (χ1) is 17.1. The van der Waals surface area contributed by atoms with Gasteiger partial charge in [-0.1, -0.05) is 96.3 Å². The SMILES string of the molecule is C/C=C\Cc1ccc(-c2csc(C(=O)NCCCN(CC)CCO)c2)cc1.C=CC=C.CC.CC. The number of hydrogen-bond acceptors (Lipinski definition) is 4. The highest BCUT2D eigenvalue weighted by Crippen LogP contribution is 2.26. The first kappa shape index (κ1) is 34.7. The molecular weight excluding hydrogens is 452 g/mol. The number of amides is 1. The van der Waals surface area contributed by atoms with Crippen molar-refractivity contribution in [3.05, 3.63) is 83.6 Å². The summed E-state index contributed by atoms with van der Waals surface area (Å²) >= 11 is 1.48. The van der Waals surface area contributed by atoms with E-state index in [-0.39, 0.29) is 12.5 Å².